The van der Waals surface area contributed by atoms with Gasteiger partial charge in [-0.2, -0.15) is 0 Å². The Balaban J connectivity index is 2.26. The van der Waals surface area contributed by atoms with Crippen LogP contribution < -0.4 is 5.32 Å². The summed E-state index contributed by atoms with van der Waals surface area (Å²) in [5.41, 5.74) is 0.247. The number of para-hydroxylation sites is 1. The lowest BCUT2D eigenvalue weighted by Crippen LogP contribution is -2.40. The van der Waals surface area contributed by atoms with Crippen molar-refractivity contribution in [1.82, 2.24) is 5.32 Å². The van der Waals surface area contributed by atoms with Crippen molar-refractivity contribution in [3.63, 3.8) is 0 Å². The molecule has 1 unspecified atom stereocenters. The van der Waals surface area contributed by atoms with E-state index in [0.29, 0.717) is 5.69 Å². The summed E-state index contributed by atoms with van der Waals surface area (Å²) in [6, 6.07) is 6.57. The fraction of sp³-hybridized carbons (Fsp3) is 0.500. The molecule has 0 aromatic heterocycles. The molecule has 1 aromatic rings. The first-order valence-corrected chi connectivity index (χ1v) is 7.87. The van der Waals surface area contributed by atoms with Crippen molar-refractivity contribution in [2.45, 2.75) is 58.8 Å². The molecule has 0 aliphatic carbocycles. The molecule has 1 amide bonds. The summed E-state index contributed by atoms with van der Waals surface area (Å²) < 4.78 is 10.7. The number of aliphatic imine (C=N–C) groups is 1. The van der Waals surface area contributed by atoms with Gasteiger partial charge in [-0.25, -0.2) is 14.6 Å². The Morgan fingerprint density at radius 3 is 2.17 bits per heavy atom. The fourth-order valence-electron chi connectivity index (χ4n) is 2.24. The molecule has 6 heteroatoms. The second kappa shape index (κ2) is 6.26. The third kappa shape index (κ3) is 4.57. The van der Waals surface area contributed by atoms with Crippen LogP contribution in [0.1, 0.15) is 53.1 Å². The molecule has 0 saturated carbocycles. The van der Waals surface area contributed by atoms with Gasteiger partial charge in [-0.3, -0.25) is 0 Å². The van der Waals surface area contributed by atoms with Crippen molar-refractivity contribution in [2.75, 3.05) is 0 Å². The van der Waals surface area contributed by atoms with E-state index in [1.165, 1.54) is 0 Å². The zero-order valence-electron chi connectivity index (χ0n) is 15.0. The Labute approximate surface area is 142 Å². The van der Waals surface area contributed by atoms with Gasteiger partial charge in [0.1, 0.15) is 17.2 Å². The van der Waals surface area contributed by atoms with Crippen LogP contribution in [-0.4, -0.2) is 29.0 Å². The van der Waals surface area contributed by atoms with Crippen molar-refractivity contribution in [2.24, 2.45) is 4.99 Å². The van der Waals surface area contributed by atoms with Crippen molar-refractivity contribution in [3.05, 3.63) is 29.8 Å². The Bertz CT molecular complexity index is 681. The number of rotatable bonds is 2. The maximum absolute atomic E-state index is 12.5. The van der Waals surface area contributed by atoms with Crippen LogP contribution in [0.4, 0.5) is 10.5 Å². The van der Waals surface area contributed by atoms with E-state index in [1.807, 2.05) is 18.2 Å². The first kappa shape index (κ1) is 18.0. The molecule has 0 saturated heterocycles. The number of esters is 1. The van der Waals surface area contributed by atoms with Crippen LogP contribution in [0.25, 0.3) is 0 Å². The van der Waals surface area contributed by atoms with Crippen LogP contribution in [0.2, 0.25) is 0 Å². The van der Waals surface area contributed by atoms with Gasteiger partial charge in [0.05, 0.1) is 5.69 Å². The predicted octanol–water partition coefficient (Wildman–Crippen LogP) is 3.68. The van der Waals surface area contributed by atoms with Crippen molar-refractivity contribution < 1.29 is 19.1 Å². The number of fused-ring (bicyclic) bond motifs is 1. The summed E-state index contributed by atoms with van der Waals surface area (Å²) in [5.74, 6) is -0.556. The summed E-state index contributed by atoms with van der Waals surface area (Å²) in [4.78, 5) is 28.9. The lowest BCUT2D eigenvalue weighted by molar-refractivity contribution is -0.146. The van der Waals surface area contributed by atoms with E-state index in [9.17, 15) is 9.59 Å². The second-order valence-corrected chi connectivity index (χ2v) is 7.64. The highest BCUT2D eigenvalue weighted by molar-refractivity contribution is 6.40. The number of carbonyl (C=O) groups excluding carboxylic acids is 2. The summed E-state index contributed by atoms with van der Waals surface area (Å²) >= 11 is 0. The minimum Gasteiger partial charge on any atom is -0.455 e. The lowest BCUT2D eigenvalue weighted by Gasteiger charge is -2.24. The van der Waals surface area contributed by atoms with E-state index < -0.39 is 29.3 Å². The summed E-state index contributed by atoms with van der Waals surface area (Å²) in [6.07, 6.45) is -0.611. The molecular formula is C18H24N2O4. The Kier molecular flexibility index (Phi) is 4.69. The first-order valence-electron chi connectivity index (χ1n) is 7.87. The number of hydrogen-bond acceptors (Lipinski definition) is 5. The number of ether oxygens (including phenoxy) is 2. The SMILES string of the molecule is CC(C)(C)OC(=O)NC1C(C(=O)OC(C)(C)C)=Nc2ccccc21. The maximum Gasteiger partial charge on any atom is 0.408 e. The van der Waals surface area contributed by atoms with E-state index in [1.54, 1.807) is 47.6 Å². The lowest BCUT2D eigenvalue weighted by atomic mass is 10.0. The van der Waals surface area contributed by atoms with Gasteiger partial charge in [0.2, 0.25) is 0 Å². The zero-order valence-corrected chi connectivity index (χ0v) is 15.0. The van der Waals surface area contributed by atoms with Gasteiger partial charge in [-0.05, 0) is 47.6 Å². The number of alkyl carbamates (subject to hydrolysis) is 1. The molecule has 0 fully saturated rings. The second-order valence-electron chi connectivity index (χ2n) is 7.64. The average Bonchev–Trinajstić information content (AvgIpc) is 2.74. The molecule has 130 valence electrons. The van der Waals surface area contributed by atoms with Crippen LogP contribution in [0.15, 0.2) is 29.3 Å². The topological polar surface area (TPSA) is 77.0 Å². The van der Waals surface area contributed by atoms with E-state index >= 15 is 0 Å². The number of benzene rings is 1. The normalized spacial score (nSPS) is 16.9. The molecule has 1 N–H and O–H groups in total. The molecule has 0 spiro atoms. The predicted molar refractivity (Wildman–Crippen MR) is 91.5 cm³/mol. The standard InChI is InChI=1S/C18H24N2O4/c1-17(2,3)23-15(21)14-13(20-16(22)24-18(4,5)6)11-9-7-8-10-12(11)19-14/h7-10,13H,1-6H3,(H,20,22). The van der Waals surface area contributed by atoms with Gasteiger partial charge < -0.3 is 14.8 Å². The Morgan fingerprint density at radius 1 is 1.00 bits per heavy atom. The van der Waals surface area contributed by atoms with Crippen LogP contribution in [0, 0.1) is 0 Å². The molecule has 24 heavy (non-hydrogen) atoms. The van der Waals surface area contributed by atoms with Gasteiger partial charge >= 0.3 is 12.1 Å². The molecule has 1 aromatic carbocycles. The summed E-state index contributed by atoms with van der Waals surface area (Å²) in [5, 5.41) is 2.72. The van der Waals surface area contributed by atoms with Crippen molar-refractivity contribution in [3.8, 4) is 0 Å². The molecule has 0 radical (unpaired) electrons. The van der Waals surface area contributed by atoms with Gasteiger partial charge in [-0.15, -0.1) is 0 Å². The smallest absolute Gasteiger partial charge is 0.408 e. The average molecular weight is 332 g/mol. The molecule has 1 aliphatic heterocycles. The van der Waals surface area contributed by atoms with Crippen molar-refractivity contribution >= 4 is 23.5 Å². The highest BCUT2D eigenvalue weighted by Crippen LogP contribution is 2.34. The zero-order chi connectivity index (χ0) is 18.1. The number of hydrogen-bond donors (Lipinski definition) is 1. The van der Waals surface area contributed by atoms with Crippen molar-refractivity contribution in [1.29, 1.82) is 0 Å². The minimum absolute atomic E-state index is 0.150. The highest BCUT2D eigenvalue weighted by Gasteiger charge is 2.36. The monoisotopic (exact) mass is 332 g/mol. The molecule has 1 atom stereocenters. The van der Waals surface area contributed by atoms with E-state index in [0.717, 1.165) is 5.56 Å². The van der Waals surface area contributed by atoms with Gasteiger partial charge in [-0.1, -0.05) is 18.2 Å². The van der Waals surface area contributed by atoms with Crippen LogP contribution in [-0.2, 0) is 14.3 Å². The largest absolute Gasteiger partial charge is 0.455 e. The molecule has 1 heterocycles. The summed E-state index contributed by atoms with van der Waals surface area (Å²) in [6.45, 7) is 10.7. The molecular weight excluding hydrogens is 308 g/mol. The van der Waals surface area contributed by atoms with E-state index in [-0.39, 0.29) is 5.71 Å². The summed E-state index contributed by atoms with van der Waals surface area (Å²) in [7, 11) is 0. The van der Waals surface area contributed by atoms with E-state index in [4.69, 9.17) is 9.47 Å². The third-order valence-electron chi connectivity index (χ3n) is 3.03. The molecule has 2 rings (SSSR count). The quantitative estimate of drug-likeness (QED) is 0.838. The van der Waals surface area contributed by atoms with Gasteiger partial charge in [0.15, 0.2) is 5.71 Å². The minimum atomic E-state index is -0.689. The molecule has 0 bridgehead atoms. The number of carbonyl (C=O) groups is 2. The number of amides is 1. The van der Waals surface area contributed by atoms with Gasteiger partial charge in [0, 0.05) is 5.56 Å². The molecule has 1 aliphatic rings. The maximum atomic E-state index is 12.5. The fourth-order valence-corrected chi connectivity index (χ4v) is 2.24. The number of nitrogens with zero attached hydrogens (tertiary/aromatic N) is 1. The van der Waals surface area contributed by atoms with Crippen LogP contribution >= 0.6 is 0 Å². The van der Waals surface area contributed by atoms with Crippen LogP contribution in [0.5, 0.6) is 0 Å². The number of nitrogens with one attached hydrogen (secondary N) is 1. The third-order valence-corrected chi connectivity index (χ3v) is 3.03. The highest BCUT2D eigenvalue weighted by atomic mass is 16.6. The van der Waals surface area contributed by atoms with Gasteiger partial charge in [0.25, 0.3) is 0 Å². The molecule has 6 nitrogen and oxygen atoms in total. The first-order chi connectivity index (χ1) is 11.0. The Morgan fingerprint density at radius 2 is 1.58 bits per heavy atom. The van der Waals surface area contributed by atoms with Crippen LogP contribution in [0.3, 0.4) is 0 Å². The van der Waals surface area contributed by atoms with E-state index in [2.05, 4.69) is 10.3 Å². The Hall–Kier alpha value is -2.37.